The molecule has 0 unspecified atom stereocenters. The molecule has 79 valence electrons. The number of fused-ring (bicyclic) bond motifs is 1. The minimum atomic E-state index is 0.894. The van der Waals surface area contributed by atoms with E-state index in [1.807, 2.05) is 12.1 Å². The molecule has 0 amide bonds. The van der Waals surface area contributed by atoms with E-state index >= 15 is 0 Å². The van der Waals surface area contributed by atoms with Crippen molar-refractivity contribution in [3.63, 3.8) is 0 Å². The molecule has 15 heavy (non-hydrogen) atoms. The van der Waals surface area contributed by atoms with Crippen LogP contribution in [0.4, 0.5) is 0 Å². The fourth-order valence-electron chi connectivity index (χ4n) is 1.94. The van der Waals surface area contributed by atoms with E-state index in [1.54, 1.807) is 7.11 Å². The monoisotopic (exact) mass is 204 g/mol. The SMILES string of the molecule is [CH2]O/N=C1\CCCc2cc(OC)ccc21. The molecule has 0 saturated heterocycles. The summed E-state index contributed by atoms with van der Waals surface area (Å²) < 4.78 is 5.19. The third-order valence-corrected chi connectivity index (χ3v) is 2.66. The topological polar surface area (TPSA) is 30.8 Å². The van der Waals surface area contributed by atoms with Crippen molar-refractivity contribution >= 4 is 5.71 Å². The number of hydrogen-bond donors (Lipinski definition) is 0. The average Bonchev–Trinajstić information content (AvgIpc) is 2.29. The maximum atomic E-state index is 5.19. The van der Waals surface area contributed by atoms with Gasteiger partial charge in [-0.1, -0.05) is 5.16 Å². The lowest BCUT2D eigenvalue weighted by molar-refractivity contribution is 0.259. The van der Waals surface area contributed by atoms with Gasteiger partial charge in [-0.05, 0) is 43.0 Å². The van der Waals surface area contributed by atoms with Gasteiger partial charge in [-0.15, -0.1) is 0 Å². The Kier molecular flexibility index (Phi) is 2.90. The highest BCUT2D eigenvalue weighted by molar-refractivity contribution is 6.02. The largest absolute Gasteiger partial charge is 0.497 e. The number of methoxy groups -OCH3 is 1. The summed E-state index contributed by atoms with van der Waals surface area (Å²) in [6.07, 6.45) is 3.12. The van der Waals surface area contributed by atoms with Gasteiger partial charge >= 0.3 is 0 Å². The first kappa shape index (κ1) is 10.0. The van der Waals surface area contributed by atoms with Crippen LogP contribution in [0.3, 0.4) is 0 Å². The average molecular weight is 204 g/mol. The summed E-state index contributed by atoms with van der Waals surface area (Å²) in [4.78, 5) is 4.60. The minimum Gasteiger partial charge on any atom is -0.497 e. The standard InChI is InChI=1S/C12H14NO2/c1-14-10-6-7-11-9(8-10)4-3-5-12(11)13-15-2/h6-8H,2-5H2,1H3/b13-12+. The third-order valence-electron chi connectivity index (χ3n) is 2.66. The number of aryl methyl sites for hydroxylation is 1. The third kappa shape index (κ3) is 1.96. The first-order chi connectivity index (χ1) is 7.35. The molecule has 1 aromatic rings. The predicted molar refractivity (Wildman–Crippen MR) is 58.9 cm³/mol. The zero-order valence-electron chi connectivity index (χ0n) is 8.82. The first-order valence-electron chi connectivity index (χ1n) is 5.00. The Hall–Kier alpha value is -1.51. The van der Waals surface area contributed by atoms with Gasteiger partial charge in [0, 0.05) is 5.56 Å². The van der Waals surface area contributed by atoms with Gasteiger partial charge in [-0.2, -0.15) is 0 Å². The molecular weight excluding hydrogens is 190 g/mol. The van der Waals surface area contributed by atoms with E-state index in [0.29, 0.717) is 0 Å². The number of nitrogens with zero attached hydrogens (tertiary/aromatic N) is 1. The highest BCUT2D eigenvalue weighted by Gasteiger charge is 2.16. The van der Waals surface area contributed by atoms with Crippen molar-refractivity contribution in [1.29, 1.82) is 0 Å². The van der Waals surface area contributed by atoms with Crippen LogP contribution in [0.5, 0.6) is 5.75 Å². The molecule has 1 aliphatic carbocycles. The molecule has 0 atom stereocenters. The van der Waals surface area contributed by atoms with Gasteiger partial charge in [-0.3, -0.25) is 0 Å². The Morgan fingerprint density at radius 3 is 2.93 bits per heavy atom. The summed E-state index contributed by atoms with van der Waals surface area (Å²) in [5, 5.41) is 3.95. The molecule has 3 heteroatoms. The van der Waals surface area contributed by atoms with Crippen molar-refractivity contribution in [1.82, 2.24) is 0 Å². The van der Waals surface area contributed by atoms with Crippen LogP contribution in [0.2, 0.25) is 0 Å². The van der Waals surface area contributed by atoms with E-state index < -0.39 is 0 Å². The van der Waals surface area contributed by atoms with Crippen LogP contribution in [0.1, 0.15) is 24.0 Å². The maximum Gasteiger partial charge on any atom is 0.153 e. The molecule has 0 bridgehead atoms. The van der Waals surface area contributed by atoms with Crippen molar-refractivity contribution in [3.8, 4) is 5.75 Å². The zero-order valence-corrected chi connectivity index (χ0v) is 8.82. The number of ether oxygens (including phenoxy) is 1. The molecule has 1 aromatic carbocycles. The number of hydrogen-bond acceptors (Lipinski definition) is 3. The highest BCUT2D eigenvalue weighted by Crippen LogP contribution is 2.25. The lowest BCUT2D eigenvalue weighted by Gasteiger charge is -2.17. The molecule has 0 N–H and O–H groups in total. The zero-order chi connectivity index (χ0) is 10.7. The van der Waals surface area contributed by atoms with Crippen molar-refractivity contribution in [3.05, 3.63) is 36.4 Å². The van der Waals surface area contributed by atoms with Gasteiger partial charge in [0.15, 0.2) is 7.11 Å². The normalized spacial score (nSPS) is 17.3. The second-order valence-electron chi connectivity index (χ2n) is 3.54. The van der Waals surface area contributed by atoms with Crippen LogP contribution in [0.25, 0.3) is 0 Å². The summed E-state index contributed by atoms with van der Waals surface area (Å²) in [6, 6.07) is 6.04. The molecule has 0 heterocycles. The van der Waals surface area contributed by atoms with Gasteiger partial charge in [-0.25, -0.2) is 0 Å². The lowest BCUT2D eigenvalue weighted by atomic mass is 9.90. The molecule has 0 saturated carbocycles. The van der Waals surface area contributed by atoms with E-state index in [-0.39, 0.29) is 0 Å². The molecule has 1 radical (unpaired) electrons. The summed E-state index contributed by atoms with van der Waals surface area (Å²) in [6.45, 7) is 0. The molecule has 0 fully saturated rings. The Labute approximate surface area is 89.7 Å². The van der Waals surface area contributed by atoms with Gasteiger partial charge in [0.25, 0.3) is 0 Å². The Morgan fingerprint density at radius 2 is 2.20 bits per heavy atom. The second kappa shape index (κ2) is 4.34. The van der Waals surface area contributed by atoms with E-state index in [2.05, 4.69) is 23.2 Å². The fraction of sp³-hybridized carbons (Fsp3) is 0.333. The van der Waals surface area contributed by atoms with Crippen LogP contribution in [0.15, 0.2) is 23.4 Å². The van der Waals surface area contributed by atoms with E-state index in [0.717, 1.165) is 36.3 Å². The second-order valence-corrected chi connectivity index (χ2v) is 3.54. The molecular formula is C12H14NO2. The summed E-state index contributed by atoms with van der Waals surface area (Å²) in [7, 11) is 4.95. The van der Waals surface area contributed by atoms with E-state index in [4.69, 9.17) is 4.74 Å². The molecule has 2 rings (SSSR count). The van der Waals surface area contributed by atoms with Crippen molar-refractivity contribution in [2.45, 2.75) is 19.3 Å². The first-order valence-corrected chi connectivity index (χ1v) is 5.00. The smallest absolute Gasteiger partial charge is 0.153 e. The number of rotatable bonds is 2. The summed E-state index contributed by atoms with van der Waals surface area (Å²) in [5.41, 5.74) is 3.41. The van der Waals surface area contributed by atoms with Crippen LogP contribution in [-0.4, -0.2) is 12.8 Å². The Bertz CT molecular complexity index is 385. The Morgan fingerprint density at radius 1 is 1.33 bits per heavy atom. The van der Waals surface area contributed by atoms with Crippen LogP contribution in [0, 0.1) is 7.11 Å². The van der Waals surface area contributed by atoms with E-state index in [9.17, 15) is 0 Å². The summed E-state index contributed by atoms with van der Waals surface area (Å²) >= 11 is 0. The molecule has 0 aromatic heterocycles. The van der Waals surface area contributed by atoms with E-state index in [1.165, 1.54) is 5.56 Å². The highest BCUT2D eigenvalue weighted by atomic mass is 16.6. The molecule has 1 aliphatic rings. The van der Waals surface area contributed by atoms with Crippen LogP contribution in [-0.2, 0) is 11.3 Å². The van der Waals surface area contributed by atoms with Gasteiger partial charge in [0.1, 0.15) is 5.75 Å². The Balaban J connectivity index is 2.41. The van der Waals surface area contributed by atoms with Gasteiger partial charge < -0.3 is 9.57 Å². The quantitative estimate of drug-likeness (QED) is 0.693. The molecule has 0 aliphatic heterocycles. The lowest BCUT2D eigenvalue weighted by Crippen LogP contribution is -2.12. The van der Waals surface area contributed by atoms with Crippen molar-refractivity contribution < 1.29 is 9.57 Å². The number of oxime groups is 1. The fourth-order valence-corrected chi connectivity index (χ4v) is 1.94. The number of benzene rings is 1. The molecule has 0 spiro atoms. The minimum absolute atomic E-state index is 0.894. The van der Waals surface area contributed by atoms with Crippen molar-refractivity contribution in [2.75, 3.05) is 7.11 Å². The van der Waals surface area contributed by atoms with Gasteiger partial charge in [0.05, 0.1) is 12.8 Å². The van der Waals surface area contributed by atoms with Crippen LogP contribution >= 0.6 is 0 Å². The van der Waals surface area contributed by atoms with Gasteiger partial charge in [0.2, 0.25) is 0 Å². The maximum absolute atomic E-state index is 5.19. The molecule has 3 nitrogen and oxygen atoms in total. The summed E-state index contributed by atoms with van der Waals surface area (Å²) in [5.74, 6) is 0.894. The van der Waals surface area contributed by atoms with Crippen molar-refractivity contribution in [2.24, 2.45) is 5.16 Å². The van der Waals surface area contributed by atoms with Crippen LogP contribution < -0.4 is 4.74 Å². The predicted octanol–water partition coefficient (Wildman–Crippen LogP) is 2.54.